The van der Waals surface area contributed by atoms with Crippen molar-refractivity contribution >= 4 is 0 Å². The van der Waals surface area contributed by atoms with E-state index in [4.69, 9.17) is 4.74 Å². The fraction of sp³-hybridized carbons (Fsp3) is 0.615. The summed E-state index contributed by atoms with van der Waals surface area (Å²) in [6.45, 7) is 8.16. The number of aryl methyl sites for hydroxylation is 1. The van der Waals surface area contributed by atoms with Crippen LogP contribution in [0.3, 0.4) is 0 Å². The van der Waals surface area contributed by atoms with Crippen molar-refractivity contribution in [1.29, 1.82) is 0 Å². The van der Waals surface area contributed by atoms with Crippen LogP contribution in [0, 0.1) is 6.92 Å². The Kier molecular flexibility index (Phi) is 5.86. The van der Waals surface area contributed by atoms with Gasteiger partial charge in [-0.2, -0.15) is 0 Å². The van der Waals surface area contributed by atoms with E-state index in [1.165, 1.54) is 5.56 Å². The first-order valence-corrected chi connectivity index (χ1v) is 6.14. The molecule has 0 saturated carbocycles. The van der Waals surface area contributed by atoms with E-state index in [1.54, 1.807) is 6.20 Å². The Labute approximate surface area is 98.2 Å². The zero-order valence-electron chi connectivity index (χ0n) is 10.5. The molecule has 2 rings (SSSR count). The van der Waals surface area contributed by atoms with Crippen molar-refractivity contribution in [2.24, 2.45) is 0 Å². The highest BCUT2D eigenvalue weighted by Gasteiger charge is 2.14. The molecule has 1 aliphatic heterocycles. The van der Waals surface area contributed by atoms with E-state index >= 15 is 0 Å². The maximum Gasteiger partial charge on any atom is 0.213 e. The monoisotopic (exact) mass is 222 g/mol. The van der Waals surface area contributed by atoms with Gasteiger partial charge in [0.25, 0.3) is 0 Å². The highest BCUT2D eigenvalue weighted by molar-refractivity contribution is 5.18. The number of pyridine rings is 1. The number of nitrogens with zero attached hydrogens (tertiary/aromatic N) is 1. The third-order valence-electron chi connectivity index (χ3n) is 2.46. The number of rotatable bonds is 2. The number of hydrogen-bond acceptors (Lipinski definition) is 3. The molecule has 1 saturated heterocycles. The lowest BCUT2D eigenvalue weighted by Gasteiger charge is -2.23. The summed E-state index contributed by atoms with van der Waals surface area (Å²) in [6, 6.07) is 3.97. The summed E-state index contributed by atoms with van der Waals surface area (Å²) >= 11 is 0. The highest BCUT2D eigenvalue weighted by Crippen LogP contribution is 2.14. The fourth-order valence-corrected chi connectivity index (χ4v) is 1.66. The molecule has 16 heavy (non-hydrogen) atoms. The lowest BCUT2D eigenvalue weighted by atomic mass is 10.1. The number of piperidine rings is 1. The number of aromatic nitrogens is 1. The molecule has 2 heterocycles. The molecule has 3 heteroatoms. The first kappa shape index (κ1) is 13.0. The Hall–Kier alpha value is -1.09. The standard InChI is InChI=1S/C11H16N2O.C2H6/c1-9-2-7-13-11(8-9)14-10-3-5-12-6-4-10;1-2/h2,7-8,10,12H,3-6H2,1H3;1-2H3. The maximum atomic E-state index is 5.78. The van der Waals surface area contributed by atoms with Gasteiger partial charge < -0.3 is 10.1 Å². The first-order chi connectivity index (χ1) is 7.84. The summed E-state index contributed by atoms with van der Waals surface area (Å²) in [6.07, 6.45) is 4.29. The predicted octanol–water partition coefficient (Wildman–Crippen LogP) is 2.55. The lowest BCUT2D eigenvalue weighted by Crippen LogP contribution is -2.34. The minimum absolute atomic E-state index is 0.338. The molecule has 0 radical (unpaired) electrons. The Morgan fingerprint density at radius 3 is 2.62 bits per heavy atom. The summed E-state index contributed by atoms with van der Waals surface area (Å²) in [5, 5.41) is 3.31. The van der Waals surface area contributed by atoms with Crippen molar-refractivity contribution in [1.82, 2.24) is 10.3 Å². The zero-order valence-corrected chi connectivity index (χ0v) is 10.5. The molecule has 0 aliphatic carbocycles. The van der Waals surface area contributed by atoms with Crippen LogP contribution in [-0.4, -0.2) is 24.2 Å². The molecule has 0 atom stereocenters. The van der Waals surface area contributed by atoms with Crippen LogP contribution in [0.2, 0.25) is 0 Å². The normalized spacial score (nSPS) is 16.2. The van der Waals surface area contributed by atoms with E-state index < -0.39 is 0 Å². The van der Waals surface area contributed by atoms with Crippen LogP contribution < -0.4 is 10.1 Å². The van der Waals surface area contributed by atoms with E-state index in [1.807, 2.05) is 26.0 Å². The van der Waals surface area contributed by atoms with Crippen LogP contribution in [0.25, 0.3) is 0 Å². The van der Waals surface area contributed by atoms with Gasteiger partial charge >= 0.3 is 0 Å². The molecule has 0 spiro atoms. The van der Waals surface area contributed by atoms with Gasteiger partial charge in [0, 0.05) is 12.3 Å². The second-order valence-corrected chi connectivity index (χ2v) is 3.74. The third-order valence-corrected chi connectivity index (χ3v) is 2.46. The fourth-order valence-electron chi connectivity index (χ4n) is 1.66. The van der Waals surface area contributed by atoms with Crippen LogP contribution >= 0.6 is 0 Å². The topological polar surface area (TPSA) is 34.1 Å². The summed E-state index contributed by atoms with van der Waals surface area (Å²) in [5.74, 6) is 0.761. The van der Waals surface area contributed by atoms with Gasteiger partial charge in [0.15, 0.2) is 0 Å². The van der Waals surface area contributed by atoms with Gasteiger partial charge in [-0.1, -0.05) is 13.8 Å². The largest absolute Gasteiger partial charge is 0.474 e. The van der Waals surface area contributed by atoms with Crippen LogP contribution in [-0.2, 0) is 0 Å². The molecule has 1 N–H and O–H groups in total. The smallest absolute Gasteiger partial charge is 0.213 e. The van der Waals surface area contributed by atoms with Crippen LogP contribution in [0.15, 0.2) is 18.3 Å². The predicted molar refractivity (Wildman–Crippen MR) is 66.8 cm³/mol. The van der Waals surface area contributed by atoms with Crippen molar-refractivity contribution in [2.45, 2.75) is 39.7 Å². The molecule has 1 aromatic heterocycles. The molecule has 1 fully saturated rings. The molecule has 90 valence electrons. The van der Waals surface area contributed by atoms with Crippen LogP contribution in [0.1, 0.15) is 32.3 Å². The third kappa shape index (κ3) is 4.19. The second kappa shape index (κ2) is 7.23. The van der Waals surface area contributed by atoms with E-state index in [2.05, 4.69) is 17.2 Å². The van der Waals surface area contributed by atoms with Gasteiger partial charge in [-0.15, -0.1) is 0 Å². The molecule has 3 nitrogen and oxygen atoms in total. The van der Waals surface area contributed by atoms with E-state index in [9.17, 15) is 0 Å². The molecule has 0 aromatic carbocycles. The van der Waals surface area contributed by atoms with Gasteiger partial charge in [-0.25, -0.2) is 4.98 Å². The number of hydrogen-bond donors (Lipinski definition) is 1. The number of ether oxygens (including phenoxy) is 1. The summed E-state index contributed by atoms with van der Waals surface area (Å²) in [5.41, 5.74) is 1.20. The van der Waals surface area contributed by atoms with Crippen molar-refractivity contribution in [2.75, 3.05) is 13.1 Å². The van der Waals surface area contributed by atoms with Crippen molar-refractivity contribution < 1.29 is 4.74 Å². The average Bonchev–Trinajstić information content (AvgIpc) is 2.33. The van der Waals surface area contributed by atoms with Crippen LogP contribution in [0.5, 0.6) is 5.88 Å². The summed E-state index contributed by atoms with van der Waals surface area (Å²) < 4.78 is 5.78. The second-order valence-electron chi connectivity index (χ2n) is 3.74. The van der Waals surface area contributed by atoms with E-state index in [0.717, 1.165) is 31.8 Å². The summed E-state index contributed by atoms with van der Waals surface area (Å²) in [4.78, 5) is 4.19. The Morgan fingerprint density at radius 1 is 1.31 bits per heavy atom. The van der Waals surface area contributed by atoms with Gasteiger partial charge in [0.05, 0.1) is 0 Å². The molecule has 1 aliphatic rings. The quantitative estimate of drug-likeness (QED) is 0.835. The molecule has 0 bridgehead atoms. The molecule has 0 unspecified atom stereocenters. The first-order valence-electron chi connectivity index (χ1n) is 6.14. The molecule has 0 amide bonds. The lowest BCUT2D eigenvalue weighted by molar-refractivity contribution is 0.156. The van der Waals surface area contributed by atoms with Crippen molar-refractivity contribution in [3.05, 3.63) is 23.9 Å². The molecular weight excluding hydrogens is 200 g/mol. The van der Waals surface area contributed by atoms with Crippen molar-refractivity contribution in [3.8, 4) is 5.88 Å². The molecular formula is C13H22N2O. The Balaban J connectivity index is 0.000000606. The van der Waals surface area contributed by atoms with Gasteiger partial charge in [-0.3, -0.25) is 0 Å². The van der Waals surface area contributed by atoms with Gasteiger partial charge in [-0.05, 0) is 44.5 Å². The Bertz CT molecular complexity index is 296. The maximum absolute atomic E-state index is 5.78. The number of nitrogens with one attached hydrogen (secondary N) is 1. The van der Waals surface area contributed by atoms with Crippen molar-refractivity contribution in [3.63, 3.8) is 0 Å². The van der Waals surface area contributed by atoms with Gasteiger partial charge in [0.1, 0.15) is 6.10 Å². The summed E-state index contributed by atoms with van der Waals surface area (Å²) in [7, 11) is 0. The minimum atomic E-state index is 0.338. The molecule has 1 aromatic rings. The van der Waals surface area contributed by atoms with Crippen LogP contribution in [0.4, 0.5) is 0 Å². The zero-order chi connectivity index (χ0) is 11.8. The van der Waals surface area contributed by atoms with E-state index in [0.29, 0.717) is 6.10 Å². The average molecular weight is 222 g/mol. The highest BCUT2D eigenvalue weighted by atomic mass is 16.5. The SMILES string of the molecule is CC.Cc1ccnc(OC2CCNCC2)c1. The Morgan fingerprint density at radius 2 is 2.00 bits per heavy atom. The minimum Gasteiger partial charge on any atom is -0.474 e. The van der Waals surface area contributed by atoms with E-state index in [-0.39, 0.29) is 0 Å². The van der Waals surface area contributed by atoms with Gasteiger partial charge in [0.2, 0.25) is 5.88 Å².